The first kappa shape index (κ1) is 17.6. The van der Waals surface area contributed by atoms with Crippen molar-refractivity contribution in [2.75, 3.05) is 43.0 Å². The van der Waals surface area contributed by atoms with Crippen molar-refractivity contribution in [3.05, 3.63) is 28.2 Å². The summed E-state index contributed by atoms with van der Waals surface area (Å²) in [5, 5.41) is 5.22. The zero-order chi connectivity index (χ0) is 16.2. The molecule has 1 aromatic carbocycles. The topological polar surface area (TPSA) is 18.5 Å². The molecular formula is C16H21Cl2N3S2. The Morgan fingerprint density at radius 3 is 2.48 bits per heavy atom. The van der Waals surface area contributed by atoms with Crippen LogP contribution in [-0.4, -0.2) is 58.6 Å². The molecule has 2 heterocycles. The molecule has 3 rings (SSSR count). The van der Waals surface area contributed by atoms with Gasteiger partial charge in [0.15, 0.2) is 5.11 Å². The Balaban J connectivity index is 1.51. The smallest absolute Gasteiger partial charge is 0.173 e. The fourth-order valence-corrected chi connectivity index (χ4v) is 4.96. The summed E-state index contributed by atoms with van der Waals surface area (Å²) in [6.45, 7) is 4.12. The molecule has 7 heteroatoms. The summed E-state index contributed by atoms with van der Waals surface area (Å²) in [6, 6.07) is 6.18. The second-order valence-corrected chi connectivity index (χ2v) is 8.38. The molecule has 23 heavy (non-hydrogen) atoms. The predicted molar refractivity (Wildman–Crippen MR) is 106 cm³/mol. The van der Waals surface area contributed by atoms with E-state index in [4.69, 9.17) is 35.4 Å². The maximum atomic E-state index is 6.20. The lowest BCUT2D eigenvalue weighted by Crippen LogP contribution is -2.53. The van der Waals surface area contributed by atoms with Crippen LogP contribution in [0.25, 0.3) is 0 Å². The molecule has 0 aliphatic carbocycles. The number of nitrogens with zero attached hydrogens (tertiary/aromatic N) is 2. The number of rotatable bonds is 2. The first-order chi connectivity index (χ1) is 11.1. The van der Waals surface area contributed by atoms with Gasteiger partial charge in [0.05, 0.1) is 10.7 Å². The molecule has 0 radical (unpaired) electrons. The number of hydrogen-bond donors (Lipinski definition) is 1. The molecule has 0 saturated carbocycles. The van der Waals surface area contributed by atoms with E-state index in [1.54, 1.807) is 6.07 Å². The summed E-state index contributed by atoms with van der Waals surface area (Å²) in [5.41, 5.74) is 0.813. The SMILES string of the molecule is S=C(Nc1ccc(Cl)cc1Cl)N1CCN(C2CCSCC2)CC1. The number of thiocarbonyl (C=S) groups is 1. The van der Waals surface area contributed by atoms with Gasteiger partial charge in [0, 0.05) is 37.2 Å². The van der Waals surface area contributed by atoms with Crippen LogP contribution in [0.2, 0.25) is 10.0 Å². The molecule has 0 amide bonds. The van der Waals surface area contributed by atoms with Crippen LogP contribution in [0.15, 0.2) is 18.2 Å². The highest BCUT2D eigenvalue weighted by Gasteiger charge is 2.26. The van der Waals surface area contributed by atoms with E-state index in [0.717, 1.165) is 43.0 Å². The van der Waals surface area contributed by atoms with Crippen molar-refractivity contribution in [3.8, 4) is 0 Å². The Hall–Kier alpha value is -0.200. The molecule has 2 fully saturated rings. The molecule has 126 valence electrons. The fraction of sp³-hybridized carbons (Fsp3) is 0.562. The number of benzene rings is 1. The van der Waals surface area contributed by atoms with Crippen molar-refractivity contribution in [2.45, 2.75) is 18.9 Å². The van der Waals surface area contributed by atoms with Crippen molar-refractivity contribution in [2.24, 2.45) is 0 Å². The highest BCUT2D eigenvalue weighted by molar-refractivity contribution is 7.99. The van der Waals surface area contributed by atoms with Gasteiger partial charge in [-0.2, -0.15) is 11.8 Å². The van der Waals surface area contributed by atoms with E-state index in [0.29, 0.717) is 10.0 Å². The molecule has 0 atom stereocenters. The average Bonchev–Trinajstić information content (AvgIpc) is 2.58. The zero-order valence-corrected chi connectivity index (χ0v) is 16.1. The number of piperazine rings is 1. The minimum Gasteiger partial charge on any atom is -0.346 e. The lowest BCUT2D eigenvalue weighted by atomic mass is 10.1. The molecular weight excluding hydrogens is 369 g/mol. The molecule has 2 aliphatic heterocycles. The van der Waals surface area contributed by atoms with Gasteiger partial charge in [-0.1, -0.05) is 23.2 Å². The Morgan fingerprint density at radius 1 is 1.13 bits per heavy atom. The molecule has 0 unspecified atom stereocenters. The molecule has 2 saturated heterocycles. The van der Waals surface area contributed by atoms with Crippen LogP contribution >= 0.6 is 47.2 Å². The van der Waals surface area contributed by atoms with E-state index in [-0.39, 0.29) is 0 Å². The fourth-order valence-electron chi connectivity index (χ4n) is 3.13. The van der Waals surface area contributed by atoms with Crippen molar-refractivity contribution < 1.29 is 0 Å². The van der Waals surface area contributed by atoms with Crippen molar-refractivity contribution in [1.82, 2.24) is 9.80 Å². The van der Waals surface area contributed by atoms with Gasteiger partial charge in [-0.15, -0.1) is 0 Å². The first-order valence-corrected chi connectivity index (χ1v) is 10.3. The van der Waals surface area contributed by atoms with Gasteiger partial charge >= 0.3 is 0 Å². The summed E-state index contributed by atoms with van der Waals surface area (Å²) in [7, 11) is 0. The van der Waals surface area contributed by atoms with Crippen LogP contribution in [0.5, 0.6) is 0 Å². The van der Waals surface area contributed by atoms with Gasteiger partial charge < -0.3 is 10.2 Å². The third-order valence-electron chi connectivity index (χ3n) is 4.48. The van der Waals surface area contributed by atoms with Crippen LogP contribution < -0.4 is 5.32 Å². The molecule has 0 bridgehead atoms. The monoisotopic (exact) mass is 389 g/mol. The molecule has 3 nitrogen and oxygen atoms in total. The van der Waals surface area contributed by atoms with E-state index in [1.165, 1.54) is 24.3 Å². The van der Waals surface area contributed by atoms with E-state index in [9.17, 15) is 0 Å². The zero-order valence-electron chi connectivity index (χ0n) is 12.9. The summed E-state index contributed by atoms with van der Waals surface area (Å²) in [5.74, 6) is 2.61. The van der Waals surface area contributed by atoms with E-state index in [2.05, 4.69) is 26.9 Å². The van der Waals surface area contributed by atoms with Crippen LogP contribution in [0.4, 0.5) is 5.69 Å². The van der Waals surface area contributed by atoms with E-state index in [1.807, 2.05) is 12.1 Å². The lowest BCUT2D eigenvalue weighted by molar-refractivity contribution is 0.126. The van der Waals surface area contributed by atoms with Crippen LogP contribution in [0.3, 0.4) is 0 Å². The number of anilines is 1. The summed E-state index contributed by atoms with van der Waals surface area (Å²) < 4.78 is 0. The number of nitrogens with one attached hydrogen (secondary N) is 1. The quantitative estimate of drug-likeness (QED) is 0.761. The minimum absolute atomic E-state index is 0.596. The summed E-state index contributed by atoms with van der Waals surface area (Å²) in [6.07, 6.45) is 2.65. The van der Waals surface area contributed by atoms with Crippen LogP contribution in [0.1, 0.15) is 12.8 Å². The maximum absolute atomic E-state index is 6.20. The van der Waals surface area contributed by atoms with Gasteiger partial charge in [0.25, 0.3) is 0 Å². The molecule has 1 N–H and O–H groups in total. The second kappa shape index (κ2) is 8.26. The normalized spacial score (nSPS) is 20.5. The molecule has 0 spiro atoms. The largest absolute Gasteiger partial charge is 0.346 e. The van der Waals surface area contributed by atoms with Crippen molar-refractivity contribution >= 4 is 58.0 Å². The van der Waals surface area contributed by atoms with Crippen LogP contribution in [-0.2, 0) is 0 Å². The predicted octanol–water partition coefficient (Wildman–Crippen LogP) is 4.20. The maximum Gasteiger partial charge on any atom is 0.173 e. The Bertz CT molecular complexity index is 556. The van der Waals surface area contributed by atoms with E-state index < -0.39 is 0 Å². The van der Waals surface area contributed by atoms with Gasteiger partial charge in [0.2, 0.25) is 0 Å². The number of halogens is 2. The van der Waals surface area contributed by atoms with E-state index >= 15 is 0 Å². The van der Waals surface area contributed by atoms with Gasteiger partial charge in [0.1, 0.15) is 0 Å². The van der Waals surface area contributed by atoms with Crippen molar-refractivity contribution in [1.29, 1.82) is 0 Å². The van der Waals surface area contributed by atoms with Crippen LogP contribution in [0, 0.1) is 0 Å². The Labute approximate surface area is 157 Å². The highest BCUT2D eigenvalue weighted by Crippen LogP contribution is 2.26. The number of hydrogen-bond acceptors (Lipinski definition) is 3. The lowest BCUT2D eigenvalue weighted by Gasteiger charge is -2.41. The van der Waals surface area contributed by atoms with Gasteiger partial charge in [-0.25, -0.2) is 0 Å². The van der Waals surface area contributed by atoms with Gasteiger partial charge in [-0.3, -0.25) is 4.90 Å². The third kappa shape index (κ3) is 4.67. The Morgan fingerprint density at radius 2 is 1.83 bits per heavy atom. The molecule has 0 aromatic heterocycles. The third-order valence-corrected chi connectivity index (χ3v) is 6.44. The standard InChI is InChI=1S/C16H21Cl2N3S2/c17-12-1-2-15(14(18)11-12)19-16(22)21-7-5-20(6-8-21)13-3-9-23-10-4-13/h1-2,11,13H,3-10H2,(H,19,22). The summed E-state index contributed by atoms with van der Waals surface area (Å²) >= 11 is 19.8. The Kier molecular flexibility index (Phi) is 6.32. The molecule has 2 aliphatic rings. The summed E-state index contributed by atoms with van der Waals surface area (Å²) in [4.78, 5) is 4.86. The molecule has 1 aromatic rings. The first-order valence-electron chi connectivity index (χ1n) is 7.96. The van der Waals surface area contributed by atoms with Gasteiger partial charge in [-0.05, 0) is 54.8 Å². The highest BCUT2D eigenvalue weighted by atomic mass is 35.5. The van der Waals surface area contributed by atoms with Crippen molar-refractivity contribution in [3.63, 3.8) is 0 Å². The average molecular weight is 390 g/mol. The minimum atomic E-state index is 0.596. The number of thioether (sulfide) groups is 1. The second-order valence-electron chi connectivity index (χ2n) is 5.92.